The van der Waals surface area contributed by atoms with Crippen LogP contribution in [0.3, 0.4) is 0 Å². The lowest BCUT2D eigenvalue weighted by molar-refractivity contribution is 0.182. The van der Waals surface area contributed by atoms with Crippen molar-refractivity contribution in [3.8, 4) is 5.75 Å². The Bertz CT molecular complexity index is 336. The topological polar surface area (TPSA) is 43.4 Å². The van der Waals surface area contributed by atoms with Crippen molar-refractivity contribution in [3.05, 3.63) is 18.0 Å². The Morgan fingerprint density at radius 3 is 2.76 bits per heavy atom. The predicted molar refractivity (Wildman–Crippen MR) is 69.7 cm³/mol. The molecule has 1 heterocycles. The molecule has 0 fully saturated rings. The van der Waals surface area contributed by atoms with Crippen molar-refractivity contribution in [2.75, 3.05) is 26.1 Å². The molecule has 1 atom stereocenters. The highest BCUT2D eigenvalue weighted by Crippen LogP contribution is 2.24. The van der Waals surface area contributed by atoms with Crippen LogP contribution in [0.4, 0.5) is 5.69 Å². The molecule has 0 aliphatic heterocycles. The molecule has 1 aromatic heterocycles. The van der Waals surface area contributed by atoms with Gasteiger partial charge in [0.2, 0.25) is 0 Å². The molecular weight excluding hydrogens is 216 g/mol. The summed E-state index contributed by atoms with van der Waals surface area (Å²) in [5, 5.41) is 3.45. The SMILES string of the molecule is CCCC(COC)Nc1cc(C)ncc1OC. The van der Waals surface area contributed by atoms with E-state index >= 15 is 0 Å². The third-order valence-electron chi connectivity index (χ3n) is 2.59. The van der Waals surface area contributed by atoms with Gasteiger partial charge in [0.15, 0.2) is 5.75 Å². The molecular formula is C13H22N2O2. The van der Waals surface area contributed by atoms with E-state index in [0.29, 0.717) is 12.6 Å². The maximum absolute atomic E-state index is 5.29. The minimum atomic E-state index is 0.306. The highest BCUT2D eigenvalue weighted by Gasteiger charge is 2.11. The molecule has 1 rings (SSSR count). The van der Waals surface area contributed by atoms with Crippen LogP contribution in [0.1, 0.15) is 25.5 Å². The molecule has 1 unspecified atom stereocenters. The van der Waals surface area contributed by atoms with Gasteiger partial charge in [-0.1, -0.05) is 13.3 Å². The van der Waals surface area contributed by atoms with E-state index in [9.17, 15) is 0 Å². The van der Waals surface area contributed by atoms with Crippen molar-refractivity contribution < 1.29 is 9.47 Å². The molecule has 0 spiro atoms. The summed E-state index contributed by atoms with van der Waals surface area (Å²) in [6, 6.07) is 2.30. The molecule has 0 radical (unpaired) electrons. The Morgan fingerprint density at radius 2 is 2.18 bits per heavy atom. The predicted octanol–water partition coefficient (Wildman–Crippen LogP) is 2.63. The van der Waals surface area contributed by atoms with E-state index in [2.05, 4.69) is 17.2 Å². The van der Waals surface area contributed by atoms with E-state index in [1.807, 2.05) is 13.0 Å². The van der Waals surface area contributed by atoms with Crippen molar-refractivity contribution >= 4 is 5.69 Å². The third-order valence-corrected chi connectivity index (χ3v) is 2.59. The van der Waals surface area contributed by atoms with Crippen LogP contribution in [0.2, 0.25) is 0 Å². The van der Waals surface area contributed by atoms with Gasteiger partial charge in [-0.15, -0.1) is 0 Å². The Balaban J connectivity index is 2.79. The van der Waals surface area contributed by atoms with Crippen molar-refractivity contribution in [1.82, 2.24) is 4.98 Å². The number of pyridine rings is 1. The largest absolute Gasteiger partial charge is 0.493 e. The van der Waals surface area contributed by atoms with Gasteiger partial charge in [0.05, 0.1) is 25.6 Å². The minimum Gasteiger partial charge on any atom is -0.493 e. The zero-order valence-corrected chi connectivity index (χ0v) is 11.1. The molecule has 0 saturated carbocycles. The summed E-state index contributed by atoms with van der Waals surface area (Å²) >= 11 is 0. The molecule has 1 aromatic rings. The summed E-state index contributed by atoms with van der Waals surface area (Å²) in [5.74, 6) is 0.771. The van der Waals surface area contributed by atoms with Crippen LogP contribution in [0.5, 0.6) is 5.75 Å². The fraction of sp³-hybridized carbons (Fsp3) is 0.615. The lowest BCUT2D eigenvalue weighted by Gasteiger charge is -2.20. The Kier molecular flexibility index (Phi) is 5.77. The molecule has 4 nitrogen and oxygen atoms in total. The molecule has 96 valence electrons. The molecule has 0 saturated heterocycles. The molecule has 17 heavy (non-hydrogen) atoms. The first kappa shape index (κ1) is 13.8. The van der Waals surface area contributed by atoms with E-state index in [1.165, 1.54) is 0 Å². The first-order chi connectivity index (χ1) is 8.21. The maximum Gasteiger partial charge on any atom is 0.160 e. The fourth-order valence-corrected chi connectivity index (χ4v) is 1.79. The molecule has 0 bridgehead atoms. The molecule has 0 aliphatic carbocycles. The number of rotatable bonds is 7. The summed E-state index contributed by atoms with van der Waals surface area (Å²) in [6.45, 7) is 4.83. The summed E-state index contributed by atoms with van der Waals surface area (Å²) in [6.07, 6.45) is 3.93. The molecule has 0 amide bonds. The number of nitrogens with zero attached hydrogens (tertiary/aromatic N) is 1. The second kappa shape index (κ2) is 7.12. The Labute approximate surface area is 103 Å². The zero-order valence-electron chi connectivity index (χ0n) is 11.1. The number of methoxy groups -OCH3 is 2. The highest BCUT2D eigenvalue weighted by molar-refractivity contribution is 5.56. The minimum absolute atomic E-state index is 0.306. The van der Waals surface area contributed by atoms with Gasteiger partial charge in [0, 0.05) is 18.8 Å². The second-order valence-corrected chi connectivity index (χ2v) is 4.11. The van der Waals surface area contributed by atoms with Crippen molar-refractivity contribution in [2.24, 2.45) is 0 Å². The van der Waals surface area contributed by atoms with Gasteiger partial charge >= 0.3 is 0 Å². The number of aromatic nitrogens is 1. The quantitative estimate of drug-likeness (QED) is 0.793. The Hall–Kier alpha value is -1.29. The van der Waals surface area contributed by atoms with Gasteiger partial charge in [-0.25, -0.2) is 0 Å². The van der Waals surface area contributed by atoms with Gasteiger partial charge in [0.1, 0.15) is 0 Å². The van der Waals surface area contributed by atoms with Crippen molar-refractivity contribution in [2.45, 2.75) is 32.7 Å². The molecule has 4 heteroatoms. The smallest absolute Gasteiger partial charge is 0.160 e. The molecule has 0 aromatic carbocycles. The van der Waals surface area contributed by atoms with Gasteiger partial charge in [-0.3, -0.25) is 4.98 Å². The normalized spacial score (nSPS) is 12.2. The Morgan fingerprint density at radius 1 is 1.41 bits per heavy atom. The maximum atomic E-state index is 5.29. The van der Waals surface area contributed by atoms with Gasteiger partial charge in [0.25, 0.3) is 0 Å². The number of nitrogens with one attached hydrogen (secondary N) is 1. The standard InChI is InChI=1S/C13H22N2O2/c1-5-6-11(9-16-3)15-12-7-10(2)14-8-13(12)17-4/h7-8,11H,5-6,9H2,1-4H3,(H,14,15). The van der Waals surface area contributed by atoms with Crippen molar-refractivity contribution in [1.29, 1.82) is 0 Å². The van der Waals surface area contributed by atoms with Gasteiger partial charge in [-0.05, 0) is 19.4 Å². The average molecular weight is 238 g/mol. The number of ether oxygens (including phenoxy) is 2. The number of anilines is 1. The third kappa shape index (κ3) is 4.23. The van der Waals surface area contributed by atoms with E-state index < -0.39 is 0 Å². The van der Waals surface area contributed by atoms with Crippen LogP contribution in [0, 0.1) is 6.92 Å². The van der Waals surface area contributed by atoms with Gasteiger partial charge < -0.3 is 14.8 Å². The van der Waals surface area contributed by atoms with E-state index in [1.54, 1.807) is 20.4 Å². The lowest BCUT2D eigenvalue weighted by atomic mass is 10.1. The summed E-state index contributed by atoms with van der Waals surface area (Å²) in [4.78, 5) is 4.21. The first-order valence-electron chi connectivity index (χ1n) is 5.97. The van der Waals surface area contributed by atoms with Crippen LogP contribution in [0.15, 0.2) is 12.3 Å². The number of hydrogen-bond acceptors (Lipinski definition) is 4. The summed E-state index contributed by atoms with van der Waals surface area (Å²) in [5.41, 5.74) is 1.96. The average Bonchev–Trinajstić information content (AvgIpc) is 2.30. The second-order valence-electron chi connectivity index (χ2n) is 4.11. The van der Waals surface area contributed by atoms with E-state index in [0.717, 1.165) is 30.0 Å². The van der Waals surface area contributed by atoms with Gasteiger partial charge in [-0.2, -0.15) is 0 Å². The van der Waals surface area contributed by atoms with Crippen LogP contribution in [-0.2, 0) is 4.74 Å². The highest BCUT2D eigenvalue weighted by atomic mass is 16.5. The monoisotopic (exact) mass is 238 g/mol. The van der Waals surface area contributed by atoms with Crippen LogP contribution in [-0.4, -0.2) is 31.9 Å². The van der Waals surface area contributed by atoms with E-state index in [4.69, 9.17) is 9.47 Å². The molecule has 0 aliphatic rings. The first-order valence-corrected chi connectivity index (χ1v) is 5.97. The van der Waals surface area contributed by atoms with E-state index in [-0.39, 0.29) is 0 Å². The van der Waals surface area contributed by atoms with Crippen LogP contribution < -0.4 is 10.1 Å². The summed E-state index contributed by atoms with van der Waals surface area (Å²) in [7, 11) is 3.38. The number of hydrogen-bond donors (Lipinski definition) is 1. The lowest BCUT2D eigenvalue weighted by Crippen LogP contribution is -2.25. The van der Waals surface area contributed by atoms with Crippen LogP contribution >= 0.6 is 0 Å². The summed E-state index contributed by atoms with van der Waals surface area (Å²) < 4.78 is 10.5. The van der Waals surface area contributed by atoms with Crippen molar-refractivity contribution in [3.63, 3.8) is 0 Å². The fourth-order valence-electron chi connectivity index (χ4n) is 1.79. The molecule has 1 N–H and O–H groups in total. The van der Waals surface area contributed by atoms with Crippen LogP contribution in [0.25, 0.3) is 0 Å². The zero-order chi connectivity index (χ0) is 12.7. The number of aryl methyl sites for hydroxylation is 1.